The molecule has 0 fully saturated rings. The van der Waals surface area contributed by atoms with Crippen LogP contribution in [0.1, 0.15) is 24.5 Å². The summed E-state index contributed by atoms with van der Waals surface area (Å²) < 4.78 is 12.7. The Morgan fingerprint density at radius 1 is 1.04 bits per heavy atom. The smallest absolute Gasteiger partial charge is 0.306 e. The number of para-hydroxylation sites is 1. The summed E-state index contributed by atoms with van der Waals surface area (Å²) in [5.41, 5.74) is 2.90. The molecule has 26 heavy (non-hydrogen) atoms. The van der Waals surface area contributed by atoms with E-state index in [0.717, 1.165) is 16.8 Å². The van der Waals surface area contributed by atoms with Gasteiger partial charge in [0, 0.05) is 18.2 Å². The van der Waals surface area contributed by atoms with Crippen molar-refractivity contribution in [2.45, 2.75) is 26.4 Å². The lowest BCUT2D eigenvalue weighted by Gasteiger charge is -2.06. The zero-order valence-electron chi connectivity index (χ0n) is 14.8. The number of carbonyl (C=O) groups is 1. The number of rotatable bonds is 8. The van der Waals surface area contributed by atoms with Crippen LogP contribution in [0.4, 0.5) is 0 Å². The van der Waals surface area contributed by atoms with Gasteiger partial charge in [0.25, 0.3) is 0 Å². The van der Waals surface area contributed by atoms with E-state index < -0.39 is 0 Å². The van der Waals surface area contributed by atoms with E-state index in [4.69, 9.17) is 9.47 Å². The van der Waals surface area contributed by atoms with E-state index in [0.29, 0.717) is 31.9 Å². The quantitative estimate of drug-likeness (QED) is 0.577. The molecule has 2 aromatic carbocycles. The zero-order chi connectivity index (χ0) is 18.2. The van der Waals surface area contributed by atoms with Gasteiger partial charge < -0.3 is 9.47 Å². The highest BCUT2D eigenvalue weighted by molar-refractivity contribution is 5.69. The molecular formula is C21H22N2O3. The van der Waals surface area contributed by atoms with Crippen molar-refractivity contribution in [3.63, 3.8) is 0 Å². The van der Waals surface area contributed by atoms with E-state index in [2.05, 4.69) is 5.10 Å². The number of carbonyl (C=O) groups excluding carboxylic acids is 1. The number of benzene rings is 2. The third-order valence-corrected chi connectivity index (χ3v) is 3.89. The minimum Gasteiger partial charge on any atom is -0.472 e. The van der Waals surface area contributed by atoms with E-state index in [-0.39, 0.29) is 5.97 Å². The van der Waals surface area contributed by atoms with Gasteiger partial charge in [0.2, 0.25) is 5.88 Å². The Balaban J connectivity index is 1.77. The predicted octanol–water partition coefficient (Wildman–Crippen LogP) is 3.95. The van der Waals surface area contributed by atoms with Crippen LogP contribution in [-0.2, 0) is 22.6 Å². The maximum Gasteiger partial charge on any atom is 0.306 e. The molecule has 3 aromatic rings. The molecule has 1 heterocycles. The fraction of sp³-hybridized carbons (Fsp3) is 0.238. The molecule has 0 atom stereocenters. The van der Waals surface area contributed by atoms with E-state index >= 15 is 0 Å². The van der Waals surface area contributed by atoms with E-state index in [1.807, 2.05) is 66.9 Å². The molecule has 0 aliphatic carbocycles. The lowest BCUT2D eigenvalue weighted by molar-refractivity contribution is -0.143. The third kappa shape index (κ3) is 4.72. The first-order chi connectivity index (χ1) is 12.8. The van der Waals surface area contributed by atoms with Crippen molar-refractivity contribution < 1.29 is 14.3 Å². The summed E-state index contributed by atoms with van der Waals surface area (Å²) in [6, 6.07) is 19.8. The number of aryl methyl sites for hydroxylation is 1. The summed E-state index contributed by atoms with van der Waals surface area (Å²) in [6.45, 7) is 2.62. The molecule has 0 aliphatic heterocycles. The molecule has 0 saturated carbocycles. The average molecular weight is 350 g/mol. The monoisotopic (exact) mass is 350 g/mol. The number of hydrogen-bond acceptors (Lipinski definition) is 4. The Bertz CT molecular complexity index is 829. The maximum atomic E-state index is 11.7. The summed E-state index contributed by atoms with van der Waals surface area (Å²) >= 11 is 0. The molecule has 5 nitrogen and oxygen atoms in total. The Morgan fingerprint density at radius 2 is 1.73 bits per heavy atom. The number of hydrogen-bond donors (Lipinski definition) is 0. The maximum absolute atomic E-state index is 11.7. The molecule has 0 unspecified atom stereocenters. The van der Waals surface area contributed by atoms with Crippen LogP contribution in [0.2, 0.25) is 0 Å². The van der Waals surface area contributed by atoms with Crippen LogP contribution in [0.3, 0.4) is 0 Å². The van der Waals surface area contributed by atoms with Gasteiger partial charge in [-0.05, 0) is 31.0 Å². The van der Waals surface area contributed by atoms with E-state index in [1.54, 1.807) is 11.6 Å². The van der Waals surface area contributed by atoms with Crippen LogP contribution in [0.15, 0.2) is 66.9 Å². The van der Waals surface area contributed by atoms with Crippen molar-refractivity contribution in [1.29, 1.82) is 0 Å². The summed E-state index contributed by atoms with van der Waals surface area (Å²) in [5.74, 6) is 0.330. The zero-order valence-corrected chi connectivity index (χ0v) is 14.8. The summed E-state index contributed by atoms with van der Waals surface area (Å²) in [4.78, 5) is 11.7. The molecule has 0 spiro atoms. The molecule has 3 rings (SSSR count). The molecular weight excluding hydrogens is 328 g/mol. The predicted molar refractivity (Wildman–Crippen MR) is 99.3 cm³/mol. The highest BCUT2D eigenvalue weighted by Gasteiger charge is 2.14. The van der Waals surface area contributed by atoms with Crippen LogP contribution in [0.25, 0.3) is 5.69 Å². The van der Waals surface area contributed by atoms with Crippen molar-refractivity contribution >= 4 is 5.97 Å². The number of nitrogens with zero attached hydrogens (tertiary/aromatic N) is 2. The highest BCUT2D eigenvalue weighted by atomic mass is 16.5. The molecule has 0 saturated heterocycles. The summed E-state index contributed by atoms with van der Waals surface area (Å²) in [6.07, 6.45) is 2.74. The van der Waals surface area contributed by atoms with Crippen LogP contribution >= 0.6 is 0 Å². The molecule has 0 aliphatic rings. The standard InChI is InChI=1S/C21H22N2O3/c1-2-25-20(24)14-13-18-15-23(19-11-7-4-8-12-19)22-21(18)26-16-17-9-5-3-6-10-17/h3-12,15H,2,13-14,16H2,1H3. The topological polar surface area (TPSA) is 53.4 Å². The van der Waals surface area contributed by atoms with Crippen molar-refractivity contribution in [1.82, 2.24) is 9.78 Å². The summed E-state index contributed by atoms with van der Waals surface area (Å²) in [7, 11) is 0. The van der Waals surface area contributed by atoms with Gasteiger partial charge in [-0.25, -0.2) is 4.68 Å². The number of aromatic nitrogens is 2. The average Bonchev–Trinajstić information content (AvgIpc) is 3.10. The molecule has 0 radical (unpaired) electrons. The second-order valence-corrected chi connectivity index (χ2v) is 5.82. The third-order valence-electron chi connectivity index (χ3n) is 3.89. The number of ether oxygens (including phenoxy) is 2. The lowest BCUT2D eigenvalue weighted by Crippen LogP contribution is -2.05. The van der Waals surface area contributed by atoms with Gasteiger partial charge in [-0.2, -0.15) is 0 Å². The van der Waals surface area contributed by atoms with Crippen molar-refractivity contribution in [2.24, 2.45) is 0 Å². The van der Waals surface area contributed by atoms with E-state index in [9.17, 15) is 4.79 Å². The minimum atomic E-state index is -0.214. The van der Waals surface area contributed by atoms with Crippen LogP contribution < -0.4 is 4.74 Å². The molecule has 0 N–H and O–H groups in total. The molecule has 134 valence electrons. The molecule has 0 bridgehead atoms. The molecule has 5 heteroatoms. The fourth-order valence-corrected chi connectivity index (χ4v) is 2.60. The highest BCUT2D eigenvalue weighted by Crippen LogP contribution is 2.22. The summed E-state index contributed by atoms with van der Waals surface area (Å²) in [5, 5.41) is 4.56. The molecule has 1 aromatic heterocycles. The molecule has 0 amide bonds. The van der Waals surface area contributed by atoms with Gasteiger partial charge in [-0.1, -0.05) is 48.5 Å². The first-order valence-corrected chi connectivity index (χ1v) is 8.72. The van der Waals surface area contributed by atoms with Crippen molar-refractivity contribution in [3.8, 4) is 11.6 Å². The van der Waals surface area contributed by atoms with Crippen LogP contribution in [0.5, 0.6) is 5.88 Å². The minimum absolute atomic E-state index is 0.214. The largest absolute Gasteiger partial charge is 0.472 e. The SMILES string of the molecule is CCOC(=O)CCc1cn(-c2ccccc2)nc1OCc1ccccc1. The van der Waals surface area contributed by atoms with Crippen LogP contribution in [-0.4, -0.2) is 22.4 Å². The lowest BCUT2D eigenvalue weighted by atomic mass is 10.2. The van der Waals surface area contributed by atoms with Gasteiger partial charge in [0.15, 0.2) is 0 Å². The number of esters is 1. The van der Waals surface area contributed by atoms with Gasteiger partial charge >= 0.3 is 5.97 Å². The van der Waals surface area contributed by atoms with Gasteiger partial charge in [-0.3, -0.25) is 4.79 Å². The van der Waals surface area contributed by atoms with E-state index in [1.165, 1.54) is 0 Å². The van der Waals surface area contributed by atoms with Crippen LogP contribution in [0, 0.1) is 0 Å². The Morgan fingerprint density at radius 3 is 2.42 bits per heavy atom. The van der Waals surface area contributed by atoms with Gasteiger partial charge in [-0.15, -0.1) is 5.10 Å². The normalized spacial score (nSPS) is 10.5. The fourth-order valence-electron chi connectivity index (χ4n) is 2.60. The first-order valence-electron chi connectivity index (χ1n) is 8.72. The van der Waals surface area contributed by atoms with Gasteiger partial charge in [0.05, 0.1) is 12.3 Å². The Hall–Kier alpha value is -3.08. The Labute approximate surface area is 153 Å². The first kappa shape index (κ1) is 17.7. The van der Waals surface area contributed by atoms with Crippen molar-refractivity contribution in [3.05, 3.63) is 78.0 Å². The second kappa shape index (κ2) is 8.85. The van der Waals surface area contributed by atoms with Gasteiger partial charge in [0.1, 0.15) is 6.61 Å². The second-order valence-electron chi connectivity index (χ2n) is 5.82. The Kier molecular flexibility index (Phi) is 6.04. The van der Waals surface area contributed by atoms with Crippen molar-refractivity contribution in [2.75, 3.05) is 6.61 Å².